The first kappa shape index (κ1) is 24.2. The van der Waals surface area contributed by atoms with Crippen molar-refractivity contribution >= 4 is 30.7 Å². The molecule has 3 saturated carbocycles. The average Bonchev–Trinajstić information content (AvgIpc) is 3.21. The summed E-state index contributed by atoms with van der Waals surface area (Å²) in [5.74, 6) is 1.39. The maximum atomic E-state index is 13.0. The van der Waals surface area contributed by atoms with Crippen molar-refractivity contribution in [2.45, 2.75) is 82.4 Å². The summed E-state index contributed by atoms with van der Waals surface area (Å²) >= 11 is 0. The van der Waals surface area contributed by atoms with E-state index in [1.807, 2.05) is 0 Å². The van der Waals surface area contributed by atoms with Crippen LogP contribution >= 0.6 is 24.8 Å². The van der Waals surface area contributed by atoms with E-state index in [4.69, 9.17) is 10.5 Å². The van der Waals surface area contributed by atoms with Gasteiger partial charge in [-0.2, -0.15) is 0 Å². The molecule has 0 aromatic heterocycles. The van der Waals surface area contributed by atoms with Gasteiger partial charge in [0.1, 0.15) is 0 Å². The van der Waals surface area contributed by atoms with Crippen molar-refractivity contribution < 1.29 is 9.53 Å². The van der Waals surface area contributed by atoms with Crippen molar-refractivity contribution in [3.8, 4) is 0 Å². The van der Waals surface area contributed by atoms with Crippen LogP contribution < -0.4 is 11.1 Å². The number of nitrogens with zero attached hydrogens (tertiary/aromatic N) is 1. The lowest BCUT2D eigenvalue weighted by Gasteiger charge is -2.51. The molecule has 4 aliphatic rings. The number of carbonyl (C=O) groups is 1. The Balaban J connectivity index is 0.00000140. The van der Waals surface area contributed by atoms with Crippen LogP contribution in [0.15, 0.2) is 0 Å². The van der Waals surface area contributed by atoms with E-state index < -0.39 is 0 Å². The summed E-state index contributed by atoms with van der Waals surface area (Å²) in [4.78, 5) is 15.6. The number of rotatable bonds is 4. The fourth-order valence-electron chi connectivity index (χ4n) is 6.33. The number of amides is 1. The Hall–Kier alpha value is -0.0700. The van der Waals surface area contributed by atoms with Gasteiger partial charge in [0.05, 0.1) is 18.1 Å². The van der Waals surface area contributed by atoms with Gasteiger partial charge >= 0.3 is 0 Å². The van der Waals surface area contributed by atoms with Crippen LogP contribution in [0.3, 0.4) is 0 Å². The molecule has 1 amide bonds. The van der Waals surface area contributed by atoms with E-state index >= 15 is 0 Å². The summed E-state index contributed by atoms with van der Waals surface area (Å²) in [6.45, 7) is 7.87. The average molecular weight is 436 g/mol. The summed E-state index contributed by atoms with van der Waals surface area (Å²) < 4.78 is 5.94. The molecule has 5 nitrogen and oxygen atoms in total. The number of hydrogen-bond donors (Lipinski definition) is 2. The van der Waals surface area contributed by atoms with Gasteiger partial charge in [-0.25, -0.2) is 0 Å². The maximum Gasteiger partial charge on any atom is 0.225 e. The van der Waals surface area contributed by atoms with Crippen molar-refractivity contribution in [2.24, 2.45) is 23.5 Å². The molecule has 0 aromatic rings. The molecule has 4 rings (SSSR count). The third kappa shape index (κ3) is 4.64. The zero-order valence-corrected chi connectivity index (χ0v) is 19.1. The molecule has 1 saturated heterocycles. The van der Waals surface area contributed by atoms with Gasteiger partial charge in [-0.15, -0.1) is 24.8 Å². The van der Waals surface area contributed by atoms with E-state index in [2.05, 4.69) is 24.1 Å². The Bertz CT molecular complexity index is 538. The highest BCUT2D eigenvalue weighted by Crippen LogP contribution is 2.47. The van der Waals surface area contributed by atoms with E-state index in [9.17, 15) is 4.79 Å². The van der Waals surface area contributed by atoms with Gasteiger partial charge in [0.2, 0.25) is 5.91 Å². The highest BCUT2D eigenvalue weighted by Gasteiger charge is 2.50. The van der Waals surface area contributed by atoms with Gasteiger partial charge in [-0.1, -0.05) is 19.3 Å². The highest BCUT2D eigenvalue weighted by atomic mass is 35.5. The van der Waals surface area contributed by atoms with E-state index in [-0.39, 0.29) is 53.8 Å². The number of nitrogens with two attached hydrogens (primary N) is 1. The normalized spacial score (nSPS) is 36.2. The summed E-state index contributed by atoms with van der Waals surface area (Å²) in [7, 11) is 0. The van der Waals surface area contributed by atoms with E-state index in [0.29, 0.717) is 11.8 Å². The van der Waals surface area contributed by atoms with Crippen LogP contribution in [-0.4, -0.2) is 54.2 Å². The molecule has 3 aliphatic carbocycles. The highest BCUT2D eigenvalue weighted by molar-refractivity contribution is 5.85. The lowest BCUT2D eigenvalue weighted by Crippen LogP contribution is -2.63. The molecule has 164 valence electrons. The van der Waals surface area contributed by atoms with Crippen LogP contribution in [0.4, 0.5) is 0 Å². The van der Waals surface area contributed by atoms with Crippen LogP contribution in [-0.2, 0) is 9.53 Å². The van der Waals surface area contributed by atoms with Crippen LogP contribution in [0.5, 0.6) is 0 Å². The molecule has 4 atom stereocenters. The molecule has 7 heteroatoms. The molecule has 4 unspecified atom stereocenters. The monoisotopic (exact) mass is 435 g/mol. The first-order chi connectivity index (χ1) is 12.4. The van der Waals surface area contributed by atoms with Crippen LogP contribution in [0.1, 0.15) is 65.2 Å². The van der Waals surface area contributed by atoms with Crippen molar-refractivity contribution in [3.05, 3.63) is 0 Å². The second kappa shape index (κ2) is 9.38. The summed E-state index contributed by atoms with van der Waals surface area (Å²) in [5, 5.41) is 3.37. The molecule has 0 radical (unpaired) electrons. The molecular formula is C21H39Cl2N3O2. The summed E-state index contributed by atoms with van der Waals surface area (Å²) in [6.07, 6.45) is 9.81. The van der Waals surface area contributed by atoms with Gasteiger partial charge in [-0.3, -0.25) is 9.69 Å². The molecule has 2 bridgehead atoms. The van der Waals surface area contributed by atoms with Crippen molar-refractivity contribution in [1.82, 2.24) is 10.2 Å². The molecular weight excluding hydrogens is 397 g/mol. The smallest absolute Gasteiger partial charge is 0.225 e. The van der Waals surface area contributed by atoms with Crippen LogP contribution in [0, 0.1) is 17.8 Å². The van der Waals surface area contributed by atoms with Gasteiger partial charge in [0.15, 0.2) is 0 Å². The van der Waals surface area contributed by atoms with Crippen molar-refractivity contribution in [1.29, 1.82) is 0 Å². The van der Waals surface area contributed by atoms with Crippen LogP contribution in [0.2, 0.25) is 0 Å². The fourth-order valence-corrected chi connectivity index (χ4v) is 6.33. The second-order valence-electron chi connectivity index (χ2n) is 9.97. The van der Waals surface area contributed by atoms with Crippen molar-refractivity contribution in [3.63, 3.8) is 0 Å². The third-order valence-corrected chi connectivity index (χ3v) is 7.76. The second-order valence-corrected chi connectivity index (χ2v) is 9.97. The number of carbonyl (C=O) groups excluding carboxylic acids is 1. The number of ether oxygens (including phenoxy) is 1. The number of halogens is 2. The van der Waals surface area contributed by atoms with E-state index in [1.165, 1.54) is 51.4 Å². The summed E-state index contributed by atoms with van der Waals surface area (Å²) in [5.41, 5.74) is 6.41. The first-order valence-electron chi connectivity index (χ1n) is 10.8. The molecule has 28 heavy (non-hydrogen) atoms. The van der Waals surface area contributed by atoms with Gasteiger partial charge in [-0.05, 0) is 57.8 Å². The third-order valence-electron chi connectivity index (χ3n) is 7.76. The minimum Gasteiger partial charge on any atom is -0.373 e. The Morgan fingerprint density at radius 3 is 2.43 bits per heavy atom. The fraction of sp³-hybridized carbons (Fsp3) is 0.952. The van der Waals surface area contributed by atoms with E-state index in [1.54, 1.807) is 0 Å². The topological polar surface area (TPSA) is 67.6 Å². The van der Waals surface area contributed by atoms with Gasteiger partial charge in [0, 0.05) is 31.2 Å². The van der Waals surface area contributed by atoms with E-state index in [0.717, 1.165) is 26.2 Å². The summed E-state index contributed by atoms with van der Waals surface area (Å²) in [6, 6.07) is 0.0818. The number of morpholine rings is 1. The molecule has 4 fully saturated rings. The Labute approximate surface area is 182 Å². The zero-order chi connectivity index (χ0) is 18.4. The zero-order valence-electron chi connectivity index (χ0n) is 17.5. The standard InChI is InChI=1S/C21H37N3O2.2ClH/c1-20(2)14-24(10-11-26-20)21(8-4-3-5-9-21)13-23-19(25)17-15-6-7-16(12-15)18(17)22;;/h15-18H,3-14,22H2,1-2H3,(H,23,25);2*1H. The number of nitrogens with one attached hydrogen (secondary N) is 1. The predicted octanol–water partition coefficient (Wildman–Crippen LogP) is 3.13. The molecule has 1 heterocycles. The lowest BCUT2D eigenvalue weighted by molar-refractivity contribution is -0.133. The quantitative estimate of drug-likeness (QED) is 0.711. The minimum atomic E-state index is -0.0976. The minimum absolute atomic E-state index is 0. The SMILES string of the molecule is CC1(C)CN(C2(CNC(=O)C3C4CCC(C4)C3N)CCCCC2)CCO1.Cl.Cl. The number of hydrogen-bond acceptors (Lipinski definition) is 4. The van der Waals surface area contributed by atoms with Crippen LogP contribution in [0.25, 0.3) is 0 Å². The largest absolute Gasteiger partial charge is 0.373 e. The predicted molar refractivity (Wildman–Crippen MR) is 117 cm³/mol. The lowest BCUT2D eigenvalue weighted by atomic mass is 9.78. The molecule has 0 spiro atoms. The molecule has 3 N–H and O–H groups in total. The van der Waals surface area contributed by atoms with Crippen molar-refractivity contribution in [2.75, 3.05) is 26.2 Å². The Morgan fingerprint density at radius 2 is 1.82 bits per heavy atom. The Kier molecular flexibility index (Phi) is 8.11. The molecule has 0 aromatic carbocycles. The maximum absolute atomic E-state index is 13.0. The first-order valence-corrected chi connectivity index (χ1v) is 10.8. The van der Waals surface area contributed by atoms with Gasteiger partial charge < -0.3 is 15.8 Å². The number of fused-ring (bicyclic) bond motifs is 2. The molecule has 1 aliphatic heterocycles. The Morgan fingerprint density at radius 1 is 1.14 bits per heavy atom. The van der Waals surface area contributed by atoms with Gasteiger partial charge in [0.25, 0.3) is 0 Å².